The van der Waals surface area contributed by atoms with E-state index < -0.39 is 137 Å². The molecule has 19 heteroatoms. The molecular formula is C53H42F14O5. The number of ketones is 2. The Kier molecular flexibility index (Phi) is 15.3. The molecule has 6 rings (SSSR count). The number of rotatable bonds is 17. The third kappa shape index (κ3) is 9.73. The summed E-state index contributed by atoms with van der Waals surface area (Å²) in [5, 5.41) is 0. The minimum absolute atomic E-state index is 0.00212. The Hall–Kier alpha value is -6.92. The normalized spacial score (nSPS) is 12.5. The Morgan fingerprint density at radius 2 is 0.736 bits per heavy atom. The maximum Gasteiger partial charge on any atom is 0.411 e. The highest BCUT2D eigenvalue weighted by Crippen LogP contribution is 2.56. The van der Waals surface area contributed by atoms with Crippen LogP contribution in [0.1, 0.15) is 116 Å². The Bertz CT molecular complexity index is 2900. The highest BCUT2D eigenvalue weighted by atomic mass is 19.4. The number of halogens is 14. The van der Waals surface area contributed by atoms with Gasteiger partial charge in [-0.1, -0.05) is 58.9 Å². The van der Waals surface area contributed by atoms with Crippen molar-refractivity contribution in [3.63, 3.8) is 0 Å². The number of carbonyl (C=O) groups excluding carboxylic acids is 2. The quantitative estimate of drug-likeness (QED) is 0.0517. The molecule has 0 aliphatic rings. The molecule has 0 saturated carbocycles. The monoisotopic (exact) mass is 1020 g/mol. The minimum atomic E-state index is -6.03. The number of hydrogen-bond donors (Lipinski definition) is 0. The smallest absolute Gasteiger partial charge is 0.411 e. The van der Waals surface area contributed by atoms with Gasteiger partial charge in [0.25, 0.3) is 0 Å². The van der Waals surface area contributed by atoms with Gasteiger partial charge < -0.3 is 14.2 Å². The summed E-state index contributed by atoms with van der Waals surface area (Å²) in [4.78, 5) is 26.3. The summed E-state index contributed by atoms with van der Waals surface area (Å²) in [7, 11) is 0. The summed E-state index contributed by atoms with van der Waals surface area (Å²) in [6, 6.07) is 12.9. The lowest BCUT2D eigenvalue weighted by molar-refractivity contribution is -0.288. The molecule has 0 spiro atoms. The van der Waals surface area contributed by atoms with Crippen LogP contribution in [-0.4, -0.2) is 29.5 Å². The summed E-state index contributed by atoms with van der Waals surface area (Å²) < 4.78 is 228. The van der Waals surface area contributed by atoms with Crippen molar-refractivity contribution in [1.29, 1.82) is 0 Å². The third-order valence-electron chi connectivity index (χ3n) is 13.1. The van der Waals surface area contributed by atoms with E-state index in [-0.39, 0.29) is 30.1 Å². The average molecular weight is 1020 g/mol. The molecule has 0 N–H and O–H groups in total. The van der Waals surface area contributed by atoms with Crippen molar-refractivity contribution in [2.45, 2.75) is 96.0 Å². The van der Waals surface area contributed by atoms with Crippen molar-refractivity contribution in [3.05, 3.63) is 183 Å². The molecule has 0 heterocycles. The van der Waals surface area contributed by atoms with Gasteiger partial charge in [-0.05, 0) is 122 Å². The molecule has 0 unspecified atom stereocenters. The number of hydrogen-bond acceptors (Lipinski definition) is 5. The molecule has 0 aliphatic carbocycles. The lowest BCUT2D eigenvalue weighted by Crippen LogP contribution is -2.54. The number of alkyl halides is 6. The van der Waals surface area contributed by atoms with Crippen LogP contribution < -0.4 is 14.2 Å². The van der Waals surface area contributed by atoms with Gasteiger partial charge in [0.1, 0.15) is 39.7 Å². The fraction of sp³-hybridized carbons (Fsp3) is 0.283. The largest absolute Gasteiger partial charge is 0.488 e. The van der Waals surface area contributed by atoms with Crippen LogP contribution in [0.2, 0.25) is 0 Å². The number of carbonyl (C=O) groups is 2. The van der Waals surface area contributed by atoms with Gasteiger partial charge in [0.05, 0.1) is 0 Å². The van der Waals surface area contributed by atoms with Crippen LogP contribution in [0.4, 0.5) is 61.5 Å². The van der Waals surface area contributed by atoms with Gasteiger partial charge in [0, 0.05) is 16.7 Å². The fourth-order valence-corrected chi connectivity index (χ4v) is 7.96. The molecule has 0 amide bonds. The predicted molar refractivity (Wildman–Crippen MR) is 236 cm³/mol. The summed E-state index contributed by atoms with van der Waals surface area (Å²) in [6.07, 6.45) is -10.9. The van der Waals surface area contributed by atoms with Crippen molar-refractivity contribution in [1.82, 2.24) is 0 Å². The van der Waals surface area contributed by atoms with Crippen LogP contribution >= 0.6 is 0 Å². The van der Waals surface area contributed by atoms with Crippen LogP contribution in [0.5, 0.6) is 28.7 Å². The van der Waals surface area contributed by atoms with E-state index in [1.165, 1.54) is 6.92 Å². The zero-order valence-corrected chi connectivity index (χ0v) is 38.9. The molecule has 5 nitrogen and oxygen atoms in total. The van der Waals surface area contributed by atoms with Crippen LogP contribution in [0.25, 0.3) is 0 Å². The van der Waals surface area contributed by atoms with E-state index in [1.54, 1.807) is 34.6 Å². The highest BCUT2D eigenvalue weighted by Gasteiger charge is 2.72. The van der Waals surface area contributed by atoms with Crippen molar-refractivity contribution in [3.8, 4) is 28.7 Å². The first-order valence-electron chi connectivity index (χ1n) is 22.1. The zero-order valence-electron chi connectivity index (χ0n) is 38.9. The minimum Gasteiger partial charge on any atom is -0.488 e. The highest BCUT2D eigenvalue weighted by molar-refractivity contribution is 6.10. The van der Waals surface area contributed by atoms with E-state index in [1.807, 2.05) is 0 Å². The molecule has 0 aliphatic heterocycles. The molecule has 0 saturated heterocycles. The van der Waals surface area contributed by atoms with E-state index in [2.05, 4.69) is 0 Å². The first-order chi connectivity index (χ1) is 33.6. The van der Waals surface area contributed by atoms with E-state index >= 15 is 35.1 Å². The molecule has 6 aromatic rings. The third-order valence-corrected chi connectivity index (χ3v) is 13.1. The van der Waals surface area contributed by atoms with Crippen molar-refractivity contribution < 1.29 is 85.3 Å². The van der Waals surface area contributed by atoms with Gasteiger partial charge >= 0.3 is 12.4 Å². The molecule has 72 heavy (non-hydrogen) atoms. The summed E-state index contributed by atoms with van der Waals surface area (Å²) >= 11 is 0. The maximum atomic E-state index is 15.4. The second-order valence-electron chi connectivity index (χ2n) is 17.2. The van der Waals surface area contributed by atoms with Gasteiger partial charge in [-0.15, -0.1) is 0 Å². The molecule has 0 aromatic heterocycles. The van der Waals surface area contributed by atoms with Crippen molar-refractivity contribution in [2.75, 3.05) is 0 Å². The number of ether oxygens (including phenoxy) is 3. The Balaban J connectivity index is 1.20. The van der Waals surface area contributed by atoms with Gasteiger partial charge in [-0.3, -0.25) is 9.59 Å². The zero-order chi connectivity index (χ0) is 53.5. The Labute approximate surface area is 403 Å². The second kappa shape index (κ2) is 20.3. The van der Waals surface area contributed by atoms with Crippen molar-refractivity contribution in [2.24, 2.45) is 0 Å². The van der Waals surface area contributed by atoms with Gasteiger partial charge in [0.2, 0.25) is 22.8 Å². The van der Waals surface area contributed by atoms with E-state index in [4.69, 9.17) is 14.2 Å². The molecule has 6 aromatic carbocycles. The van der Waals surface area contributed by atoms with Gasteiger partial charge in [-0.2, -0.15) is 35.1 Å². The number of benzene rings is 6. The maximum absolute atomic E-state index is 15.4. The van der Waals surface area contributed by atoms with E-state index in [9.17, 15) is 35.9 Å². The van der Waals surface area contributed by atoms with Crippen LogP contribution in [0.15, 0.2) is 97.1 Å². The second-order valence-corrected chi connectivity index (χ2v) is 17.2. The van der Waals surface area contributed by atoms with Crippen LogP contribution in [0, 0.1) is 46.5 Å². The molecule has 0 atom stereocenters. The molecule has 0 fully saturated rings. The van der Waals surface area contributed by atoms with E-state index in [0.717, 1.165) is 60.7 Å². The predicted octanol–water partition coefficient (Wildman–Crippen LogP) is 16.3. The standard InChI is InChI=1S/C53H42F14O5/c1-7-49(5,8-2)37-42(58)38(54)35(39(55)43(37)59)46(68)27-11-19-31(20-12-27)70-32-21-13-28(14-22-32)47(69)36-40(56)44(60)48(45(61)41(36)57)71-33-23-15-29(16-24-33)51(52(62,63)64,53(65,66)67)30-17-25-34(26-18-30)72-50(6,9-3)10-4/h11-26H,7-10H2,1-6H3. The fourth-order valence-electron chi connectivity index (χ4n) is 7.96. The van der Waals surface area contributed by atoms with Crippen LogP contribution in [0.3, 0.4) is 0 Å². The molecule has 382 valence electrons. The molecule has 0 bridgehead atoms. The summed E-state index contributed by atoms with van der Waals surface area (Å²) in [5.74, 6) is -22.1. The average Bonchev–Trinajstić information content (AvgIpc) is 3.34. The van der Waals surface area contributed by atoms with Gasteiger partial charge in [0.15, 0.2) is 46.5 Å². The topological polar surface area (TPSA) is 61.8 Å². The van der Waals surface area contributed by atoms with E-state index in [0.29, 0.717) is 49.2 Å². The first kappa shape index (κ1) is 54.4. The Morgan fingerprint density at radius 3 is 1.07 bits per heavy atom. The van der Waals surface area contributed by atoms with Crippen LogP contribution in [-0.2, 0) is 10.8 Å². The molecule has 0 radical (unpaired) electrons. The van der Waals surface area contributed by atoms with Gasteiger partial charge in [-0.25, -0.2) is 26.3 Å². The summed E-state index contributed by atoms with van der Waals surface area (Å²) in [6.45, 7) is 9.85. The molecular weight excluding hydrogens is 983 g/mol. The summed E-state index contributed by atoms with van der Waals surface area (Å²) in [5.41, 5.74) is -14.4. The van der Waals surface area contributed by atoms with Crippen molar-refractivity contribution >= 4 is 11.6 Å². The lowest BCUT2D eigenvalue weighted by atomic mass is 9.73. The first-order valence-corrected chi connectivity index (χ1v) is 22.1. The SMILES string of the molecule is CCC(C)(CC)Oc1ccc(C(c2ccc(Oc3c(F)c(F)c(C(=O)c4ccc(Oc5ccc(C(=O)c6c(F)c(F)c(C(C)(CC)CC)c(F)c6F)cc5)cc4)c(F)c3F)cc2)(C(F)(F)F)C(F)(F)F)cc1. The Morgan fingerprint density at radius 1 is 0.417 bits per heavy atom. The lowest BCUT2D eigenvalue weighted by Gasteiger charge is -2.38.